The topological polar surface area (TPSA) is 0 Å². The third-order valence-corrected chi connectivity index (χ3v) is 2.71. The summed E-state index contributed by atoms with van der Waals surface area (Å²) in [6.07, 6.45) is 0. The molecule has 0 unspecified atom stereocenters. The first-order chi connectivity index (χ1) is 4.20. The molecule has 0 N–H and O–H groups in total. The van der Waals surface area contributed by atoms with Crippen LogP contribution in [0.3, 0.4) is 0 Å². The minimum Gasteiger partial charge on any atom is -1.00 e. The van der Waals surface area contributed by atoms with Crippen LogP contribution in [0, 0.1) is 5.82 Å². The van der Waals surface area contributed by atoms with Crippen LogP contribution in [0.25, 0.3) is 0 Å². The van der Waals surface area contributed by atoms with Crippen molar-refractivity contribution in [2.75, 3.05) is 0 Å². The molecule has 1 rings (SSSR count). The van der Waals surface area contributed by atoms with E-state index in [9.17, 15) is 4.39 Å². The summed E-state index contributed by atoms with van der Waals surface area (Å²) >= 11 is 4.04. The Hall–Kier alpha value is 0.983. The van der Waals surface area contributed by atoms with Gasteiger partial charge in [-0.2, -0.15) is 0 Å². The zero-order valence-corrected chi connectivity index (χ0v) is 11.8. The Balaban J connectivity index is 0.000000810. The predicted octanol–water partition coefficient (Wildman–Crippen LogP) is -1.24. The minimum atomic E-state index is -0.107. The summed E-state index contributed by atoms with van der Waals surface area (Å²) in [5, 5.41) is 0. The number of benzene rings is 1. The Morgan fingerprint density at radius 3 is 2.40 bits per heavy atom. The average molecular weight is 366 g/mol. The Kier molecular flexibility index (Phi) is 5.25. The molecule has 1 aromatic rings. The summed E-state index contributed by atoms with van der Waals surface area (Å²) in [7, 11) is 0. The zero-order valence-electron chi connectivity index (χ0n) is 5.07. The van der Waals surface area contributed by atoms with Gasteiger partial charge in [0.15, 0.2) is 0 Å². The van der Waals surface area contributed by atoms with E-state index in [1.807, 2.05) is 6.07 Å². The Morgan fingerprint density at radius 2 is 2.00 bits per heavy atom. The summed E-state index contributed by atoms with van der Waals surface area (Å²) in [4.78, 5) is 0. The van der Waals surface area contributed by atoms with Crippen molar-refractivity contribution in [3.05, 3.63) is 28.5 Å². The van der Waals surface area contributed by atoms with Crippen molar-refractivity contribution in [1.29, 1.82) is 0 Å². The largest absolute Gasteiger partial charge is 1.00 e. The van der Waals surface area contributed by atoms with Crippen LogP contribution >= 0.6 is 15.9 Å². The molecule has 0 aliphatic rings. The van der Waals surface area contributed by atoms with Crippen LogP contribution in [-0.2, 0) is 18.3 Å². The molecule has 0 saturated heterocycles. The molecule has 0 aliphatic carbocycles. The molecule has 0 aliphatic heterocycles. The third kappa shape index (κ3) is 2.93. The molecule has 1 aromatic carbocycles. The molecule has 0 nitrogen and oxygen atoms in total. The standard InChI is InChI=1S/C6H3BrF.HI.Zn/c7-5-2-1-3-6(8)4-5;;/h1-2,4H;1H;/q;;+1/p-1. The van der Waals surface area contributed by atoms with Crippen LogP contribution in [0.15, 0.2) is 22.7 Å². The maximum absolute atomic E-state index is 12.6. The fourth-order valence-electron chi connectivity index (χ4n) is 0.522. The van der Waals surface area contributed by atoms with Gasteiger partial charge in [-0.1, -0.05) is 0 Å². The van der Waals surface area contributed by atoms with E-state index in [0.29, 0.717) is 0 Å². The molecule has 0 bridgehead atoms. The summed E-state index contributed by atoms with van der Waals surface area (Å²) < 4.78 is 14.2. The maximum atomic E-state index is 12.6. The molecule has 50 valence electrons. The van der Waals surface area contributed by atoms with Gasteiger partial charge in [0.2, 0.25) is 0 Å². The van der Waals surface area contributed by atoms with Gasteiger partial charge in [0.05, 0.1) is 0 Å². The van der Waals surface area contributed by atoms with Crippen LogP contribution in [0.4, 0.5) is 4.39 Å². The molecule has 0 fully saturated rings. The molecular formula is C6H3BrFIZn. The van der Waals surface area contributed by atoms with Crippen molar-refractivity contribution >= 4 is 20.1 Å². The smallest absolute Gasteiger partial charge is 1.00 e. The average Bonchev–Trinajstić information content (AvgIpc) is 1.80. The molecule has 4 heteroatoms. The number of hydrogen-bond acceptors (Lipinski definition) is 0. The van der Waals surface area contributed by atoms with Crippen molar-refractivity contribution < 1.29 is 46.7 Å². The number of halogens is 3. The van der Waals surface area contributed by atoms with Crippen LogP contribution in [-0.4, -0.2) is 0 Å². The van der Waals surface area contributed by atoms with E-state index in [1.54, 1.807) is 6.07 Å². The SMILES string of the molecule is Fc1cc(Br)cc[c]1[Zn+].[I-]. The zero-order chi connectivity index (χ0) is 6.85. The Bertz CT molecular complexity index is 229. The van der Waals surface area contributed by atoms with E-state index in [4.69, 9.17) is 0 Å². The van der Waals surface area contributed by atoms with Crippen LogP contribution < -0.4 is 28.1 Å². The summed E-state index contributed by atoms with van der Waals surface area (Å²) in [5.74, 6) is -0.107. The summed E-state index contributed by atoms with van der Waals surface area (Å²) in [5.41, 5.74) is 0. The van der Waals surface area contributed by atoms with Gasteiger partial charge in [0.1, 0.15) is 0 Å². The second kappa shape index (κ2) is 4.78. The van der Waals surface area contributed by atoms with E-state index in [0.717, 1.165) is 26.9 Å². The molecule has 0 radical (unpaired) electrons. The summed E-state index contributed by atoms with van der Waals surface area (Å²) in [6.45, 7) is 0. The predicted molar refractivity (Wildman–Crippen MR) is 33.7 cm³/mol. The monoisotopic (exact) mass is 364 g/mol. The van der Waals surface area contributed by atoms with Crippen LogP contribution in [0.2, 0.25) is 0 Å². The van der Waals surface area contributed by atoms with Crippen molar-refractivity contribution in [3.63, 3.8) is 0 Å². The number of rotatable bonds is 0. The van der Waals surface area contributed by atoms with E-state index in [1.165, 1.54) is 6.07 Å². The van der Waals surface area contributed by atoms with Crippen LogP contribution in [0.5, 0.6) is 0 Å². The Morgan fingerprint density at radius 1 is 1.40 bits per heavy atom. The summed E-state index contributed by atoms with van der Waals surface area (Å²) in [6, 6.07) is 5.13. The van der Waals surface area contributed by atoms with Crippen molar-refractivity contribution in [3.8, 4) is 0 Å². The first-order valence-corrected chi connectivity index (χ1v) is 4.75. The van der Waals surface area contributed by atoms with E-state index < -0.39 is 0 Å². The van der Waals surface area contributed by atoms with Gasteiger partial charge in [0, 0.05) is 0 Å². The van der Waals surface area contributed by atoms with Gasteiger partial charge in [-0.25, -0.2) is 0 Å². The molecule has 0 aromatic heterocycles. The van der Waals surface area contributed by atoms with Gasteiger partial charge >= 0.3 is 71.3 Å². The molecule has 0 heterocycles. The molecule has 10 heavy (non-hydrogen) atoms. The van der Waals surface area contributed by atoms with Crippen LogP contribution in [0.1, 0.15) is 0 Å². The van der Waals surface area contributed by atoms with Crippen molar-refractivity contribution in [2.45, 2.75) is 0 Å². The Labute approximate surface area is 94.4 Å². The van der Waals surface area contributed by atoms with E-state index in [-0.39, 0.29) is 29.8 Å². The normalized spacial score (nSPS) is 8.80. The van der Waals surface area contributed by atoms with Crippen molar-refractivity contribution in [2.24, 2.45) is 0 Å². The second-order valence-corrected chi connectivity index (χ2v) is 4.25. The maximum Gasteiger partial charge on any atom is -1.00 e. The second-order valence-electron chi connectivity index (χ2n) is 1.74. The van der Waals surface area contributed by atoms with Crippen molar-refractivity contribution in [1.82, 2.24) is 0 Å². The molecule has 0 atom stereocenters. The number of hydrogen-bond donors (Lipinski definition) is 0. The van der Waals surface area contributed by atoms with Gasteiger partial charge in [0.25, 0.3) is 0 Å². The van der Waals surface area contributed by atoms with E-state index in [2.05, 4.69) is 15.9 Å². The first-order valence-electron chi connectivity index (χ1n) is 2.47. The molecule has 0 amide bonds. The van der Waals surface area contributed by atoms with Gasteiger partial charge < -0.3 is 24.0 Å². The molecule has 0 saturated carbocycles. The fraction of sp³-hybridized carbons (Fsp3) is 0. The molecule has 0 spiro atoms. The molecular weight excluding hydrogens is 363 g/mol. The van der Waals surface area contributed by atoms with Gasteiger partial charge in [-0.3, -0.25) is 0 Å². The fourth-order valence-corrected chi connectivity index (χ4v) is 1.32. The quantitative estimate of drug-likeness (QED) is 0.398. The van der Waals surface area contributed by atoms with Gasteiger partial charge in [-0.15, -0.1) is 0 Å². The third-order valence-electron chi connectivity index (χ3n) is 1.02. The van der Waals surface area contributed by atoms with E-state index >= 15 is 0 Å². The minimum absolute atomic E-state index is 0. The first kappa shape index (κ1) is 11.0. The van der Waals surface area contributed by atoms with Gasteiger partial charge in [-0.05, 0) is 0 Å².